The average molecular weight is 563 g/mol. The quantitative estimate of drug-likeness (QED) is 0.147. The molecule has 4 amide bonds. The van der Waals surface area contributed by atoms with Gasteiger partial charge in [0.15, 0.2) is 0 Å². The highest BCUT2D eigenvalue weighted by Crippen LogP contribution is 2.17. The predicted molar refractivity (Wildman–Crippen MR) is 157 cm³/mol. The second kappa shape index (κ2) is 16.0. The number of nitrogens with one attached hydrogen (secondary N) is 3. The maximum atomic E-state index is 13.2. The van der Waals surface area contributed by atoms with Crippen LogP contribution in [0.15, 0.2) is 66.9 Å². The summed E-state index contributed by atoms with van der Waals surface area (Å²) in [5.74, 6) is -2.01. The van der Waals surface area contributed by atoms with Crippen LogP contribution in [0.5, 0.6) is 0 Å². The van der Waals surface area contributed by atoms with Gasteiger partial charge in [0, 0.05) is 31.6 Å². The van der Waals surface area contributed by atoms with Crippen LogP contribution in [-0.4, -0.2) is 78.3 Å². The minimum absolute atomic E-state index is 0.254. The van der Waals surface area contributed by atoms with Crippen molar-refractivity contribution in [2.24, 2.45) is 17.2 Å². The van der Waals surface area contributed by atoms with Gasteiger partial charge >= 0.3 is 0 Å². The first-order valence-electron chi connectivity index (χ1n) is 13.5. The first-order chi connectivity index (χ1) is 19.8. The Morgan fingerprint density at radius 1 is 0.902 bits per heavy atom. The van der Waals surface area contributed by atoms with Crippen molar-refractivity contribution < 1.29 is 19.2 Å². The topological polar surface area (TPSA) is 199 Å². The number of benzene rings is 2. The van der Waals surface area contributed by atoms with Crippen LogP contribution in [0.3, 0.4) is 0 Å². The fourth-order valence-electron chi connectivity index (χ4n) is 4.22. The normalized spacial score (nSPS) is 12.3. The molecule has 0 bridgehead atoms. The van der Waals surface area contributed by atoms with Gasteiger partial charge in [-0.25, -0.2) is 0 Å². The maximum absolute atomic E-state index is 13.2. The number of para-hydroxylation sites is 1. The number of nitrogens with zero attached hydrogens (tertiary/aromatic N) is 2. The number of carbonyl (C=O) groups is 4. The number of fused-ring (bicyclic) bond motifs is 1. The van der Waals surface area contributed by atoms with E-state index in [9.17, 15) is 19.2 Å². The number of hydrogen-bond acceptors (Lipinski definition) is 8. The SMILES string of the molecule is NCCN(CCN)C(=O)C[C@H](N)C(=O)NCC(=O)N[C@@H](CCc1ccccc1)C(=O)Nc1cnc2ccccc2c1. The number of carbonyl (C=O) groups excluding carboxylic acids is 4. The third-order valence-electron chi connectivity index (χ3n) is 6.38. The van der Waals surface area contributed by atoms with Crippen molar-refractivity contribution in [2.45, 2.75) is 31.3 Å². The lowest BCUT2D eigenvalue weighted by molar-refractivity contribution is -0.134. The first-order valence-corrected chi connectivity index (χ1v) is 13.5. The van der Waals surface area contributed by atoms with Crippen LogP contribution in [0.2, 0.25) is 0 Å². The van der Waals surface area contributed by atoms with E-state index in [1.165, 1.54) is 4.90 Å². The van der Waals surface area contributed by atoms with Crippen LogP contribution in [-0.2, 0) is 25.6 Å². The second-order valence-corrected chi connectivity index (χ2v) is 9.54. The molecule has 1 aromatic heterocycles. The molecule has 3 rings (SSSR count). The number of amides is 4. The van der Waals surface area contributed by atoms with Gasteiger partial charge in [-0.05, 0) is 30.5 Å². The Kier molecular flexibility index (Phi) is 12.2. The molecular weight excluding hydrogens is 524 g/mol. The predicted octanol–water partition coefficient (Wildman–Crippen LogP) is -0.129. The molecule has 0 fully saturated rings. The molecule has 1 heterocycles. The van der Waals surface area contributed by atoms with Gasteiger partial charge in [-0.3, -0.25) is 24.2 Å². The highest BCUT2D eigenvalue weighted by atomic mass is 16.2. The number of aryl methyl sites for hydroxylation is 1. The number of hydrogen-bond donors (Lipinski definition) is 6. The van der Waals surface area contributed by atoms with Crippen molar-refractivity contribution in [3.63, 3.8) is 0 Å². The smallest absolute Gasteiger partial charge is 0.247 e. The van der Waals surface area contributed by atoms with Gasteiger partial charge in [0.2, 0.25) is 23.6 Å². The molecule has 41 heavy (non-hydrogen) atoms. The summed E-state index contributed by atoms with van der Waals surface area (Å²) in [6, 6.07) is 16.9. The molecule has 0 unspecified atom stereocenters. The van der Waals surface area contributed by atoms with Crippen molar-refractivity contribution in [3.8, 4) is 0 Å². The number of aromatic nitrogens is 1. The van der Waals surface area contributed by atoms with Gasteiger partial charge in [0.05, 0.1) is 36.4 Å². The van der Waals surface area contributed by atoms with E-state index in [0.29, 0.717) is 31.6 Å². The maximum Gasteiger partial charge on any atom is 0.247 e. The summed E-state index contributed by atoms with van der Waals surface area (Å²) in [4.78, 5) is 56.7. The van der Waals surface area contributed by atoms with Gasteiger partial charge in [0.1, 0.15) is 6.04 Å². The highest BCUT2D eigenvalue weighted by Gasteiger charge is 2.24. The van der Waals surface area contributed by atoms with Crippen molar-refractivity contribution >= 4 is 40.2 Å². The van der Waals surface area contributed by atoms with Gasteiger partial charge in [-0.2, -0.15) is 0 Å². The summed E-state index contributed by atoms with van der Waals surface area (Å²) in [6.45, 7) is 0.694. The van der Waals surface area contributed by atoms with E-state index < -0.39 is 36.3 Å². The van der Waals surface area contributed by atoms with E-state index in [2.05, 4.69) is 20.9 Å². The van der Waals surface area contributed by atoms with Crippen LogP contribution in [0.25, 0.3) is 10.9 Å². The molecule has 12 nitrogen and oxygen atoms in total. The Morgan fingerprint density at radius 2 is 1.59 bits per heavy atom. The molecular formula is C29H38N8O4. The van der Waals surface area contributed by atoms with E-state index in [0.717, 1.165) is 16.5 Å². The number of nitrogens with two attached hydrogens (primary N) is 3. The molecule has 12 heteroatoms. The van der Waals surface area contributed by atoms with Gasteiger partial charge < -0.3 is 38.1 Å². The zero-order valence-electron chi connectivity index (χ0n) is 22.9. The van der Waals surface area contributed by atoms with Crippen molar-refractivity contribution in [1.82, 2.24) is 20.5 Å². The van der Waals surface area contributed by atoms with Crippen LogP contribution >= 0.6 is 0 Å². The van der Waals surface area contributed by atoms with Crippen LogP contribution in [0, 0.1) is 0 Å². The van der Waals surface area contributed by atoms with E-state index in [1.54, 1.807) is 12.3 Å². The Hall–Kier alpha value is -4.39. The fraction of sp³-hybridized carbons (Fsp3) is 0.345. The Labute approximate surface area is 239 Å². The van der Waals surface area contributed by atoms with Crippen molar-refractivity contribution in [2.75, 3.05) is 38.0 Å². The molecule has 2 atom stereocenters. The van der Waals surface area contributed by atoms with E-state index in [4.69, 9.17) is 17.2 Å². The first kappa shape index (κ1) is 31.1. The second-order valence-electron chi connectivity index (χ2n) is 9.54. The largest absolute Gasteiger partial charge is 0.346 e. The molecule has 0 aliphatic carbocycles. The molecule has 0 aliphatic rings. The minimum atomic E-state index is -1.16. The van der Waals surface area contributed by atoms with Gasteiger partial charge in [-0.15, -0.1) is 0 Å². The molecule has 0 spiro atoms. The standard InChI is InChI=1S/C29H38N8O4/c30-12-14-37(15-13-31)27(39)17-23(32)28(40)34-19-26(38)36-25(11-10-20-6-2-1-3-7-20)29(41)35-22-16-21-8-4-5-9-24(21)33-18-22/h1-9,16,18,23,25H,10-15,17,19,30-32H2,(H,34,40)(H,35,41)(H,36,38)/t23-,25-/m0/s1. The highest BCUT2D eigenvalue weighted by molar-refractivity contribution is 5.99. The molecule has 0 aliphatic heterocycles. The summed E-state index contributed by atoms with van der Waals surface area (Å²) in [7, 11) is 0. The number of anilines is 1. The molecule has 0 radical (unpaired) electrons. The fourth-order valence-corrected chi connectivity index (χ4v) is 4.22. The monoisotopic (exact) mass is 562 g/mol. The third-order valence-corrected chi connectivity index (χ3v) is 6.38. The van der Waals surface area contributed by atoms with Gasteiger partial charge in [-0.1, -0.05) is 48.5 Å². The summed E-state index contributed by atoms with van der Waals surface area (Å²) in [6.07, 6.45) is 2.16. The van der Waals surface area contributed by atoms with Crippen LogP contribution < -0.4 is 33.2 Å². The summed E-state index contributed by atoms with van der Waals surface area (Å²) in [5, 5.41) is 8.83. The molecule has 3 aromatic rings. The van der Waals surface area contributed by atoms with Gasteiger partial charge in [0.25, 0.3) is 0 Å². The molecule has 0 saturated heterocycles. The Balaban J connectivity index is 1.59. The van der Waals surface area contributed by atoms with Crippen LogP contribution in [0.4, 0.5) is 5.69 Å². The summed E-state index contributed by atoms with van der Waals surface area (Å²) >= 11 is 0. The number of rotatable bonds is 15. The average Bonchev–Trinajstić information content (AvgIpc) is 2.98. The molecule has 218 valence electrons. The van der Waals surface area contributed by atoms with E-state index in [-0.39, 0.29) is 25.4 Å². The molecule has 0 saturated carbocycles. The Morgan fingerprint density at radius 3 is 2.29 bits per heavy atom. The van der Waals surface area contributed by atoms with Crippen molar-refractivity contribution in [3.05, 3.63) is 72.4 Å². The lowest BCUT2D eigenvalue weighted by Crippen LogP contribution is -2.51. The minimum Gasteiger partial charge on any atom is -0.346 e. The number of pyridine rings is 1. The lowest BCUT2D eigenvalue weighted by Gasteiger charge is -2.23. The van der Waals surface area contributed by atoms with E-state index >= 15 is 0 Å². The van der Waals surface area contributed by atoms with E-state index in [1.807, 2.05) is 54.6 Å². The van der Waals surface area contributed by atoms with Crippen molar-refractivity contribution in [1.29, 1.82) is 0 Å². The summed E-state index contributed by atoms with van der Waals surface area (Å²) in [5.41, 5.74) is 19.3. The molecule has 9 N–H and O–H groups in total. The zero-order chi connectivity index (χ0) is 29.6. The zero-order valence-corrected chi connectivity index (χ0v) is 22.9. The Bertz CT molecular complexity index is 1310. The van der Waals surface area contributed by atoms with Crippen LogP contribution in [0.1, 0.15) is 18.4 Å². The molecule has 2 aromatic carbocycles. The lowest BCUT2D eigenvalue weighted by atomic mass is 10.0. The third kappa shape index (κ3) is 9.94. The summed E-state index contributed by atoms with van der Waals surface area (Å²) < 4.78 is 0.